The molecule has 98 valence electrons. The predicted molar refractivity (Wildman–Crippen MR) is 77.4 cm³/mol. The monoisotopic (exact) mass is 302 g/mol. The van der Waals surface area contributed by atoms with Crippen LogP contribution < -0.4 is 0 Å². The molecule has 0 radical (unpaired) electrons. The van der Waals surface area contributed by atoms with Crippen LogP contribution in [0.3, 0.4) is 0 Å². The highest BCUT2D eigenvalue weighted by atomic mass is 32.1. The molecule has 3 heterocycles. The average Bonchev–Trinajstić information content (AvgIpc) is 3.15. The van der Waals surface area contributed by atoms with Gasteiger partial charge in [0.2, 0.25) is 4.96 Å². The Hall–Kier alpha value is -2.12. The van der Waals surface area contributed by atoms with E-state index in [2.05, 4.69) is 15.3 Å². The van der Waals surface area contributed by atoms with Gasteiger partial charge < -0.3 is 0 Å². The van der Waals surface area contributed by atoms with Gasteiger partial charge in [0, 0.05) is 16.5 Å². The summed E-state index contributed by atoms with van der Waals surface area (Å²) < 4.78 is 14.7. The summed E-state index contributed by atoms with van der Waals surface area (Å²) in [5.41, 5.74) is 1.87. The fourth-order valence-electron chi connectivity index (χ4n) is 1.90. The molecule has 0 aliphatic heterocycles. The molecule has 0 aliphatic rings. The molecule has 4 aromatic rings. The van der Waals surface area contributed by atoms with Crippen LogP contribution in [0, 0.1) is 5.82 Å². The topological polar surface area (TPSA) is 43.1 Å². The highest BCUT2D eigenvalue weighted by Crippen LogP contribution is 2.28. The smallest absolute Gasteiger partial charge is 0.207 e. The molecule has 3 aromatic heterocycles. The van der Waals surface area contributed by atoms with Crippen LogP contribution in [-0.4, -0.2) is 19.8 Å². The van der Waals surface area contributed by atoms with Crippen molar-refractivity contribution >= 4 is 27.6 Å². The summed E-state index contributed by atoms with van der Waals surface area (Å²) in [6.07, 6.45) is 0. The van der Waals surface area contributed by atoms with E-state index in [4.69, 9.17) is 0 Å². The first-order valence-corrected chi connectivity index (χ1v) is 7.58. The zero-order chi connectivity index (χ0) is 13.5. The molecule has 0 fully saturated rings. The average molecular weight is 302 g/mol. The van der Waals surface area contributed by atoms with E-state index in [0.29, 0.717) is 0 Å². The Kier molecular flexibility index (Phi) is 2.61. The first kappa shape index (κ1) is 11.7. The van der Waals surface area contributed by atoms with Crippen molar-refractivity contribution < 1.29 is 4.39 Å². The van der Waals surface area contributed by atoms with E-state index >= 15 is 0 Å². The lowest BCUT2D eigenvalue weighted by Crippen LogP contribution is -1.89. The molecule has 0 spiro atoms. The maximum Gasteiger partial charge on any atom is 0.235 e. The molecular formula is C13H7FN4S2. The summed E-state index contributed by atoms with van der Waals surface area (Å²) in [5.74, 6) is 0.474. The minimum Gasteiger partial charge on any atom is -0.207 e. The summed E-state index contributed by atoms with van der Waals surface area (Å²) in [6.45, 7) is 0. The molecule has 0 saturated carbocycles. The van der Waals surface area contributed by atoms with Gasteiger partial charge in [0.25, 0.3) is 0 Å². The van der Waals surface area contributed by atoms with E-state index in [0.717, 1.165) is 26.9 Å². The van der Waals surface area contributed by atoms with Gasteiger partial charge in [-0.1, -0.05) is 11.3 Å². The van der Waals surface area contributed by atoms with Gasteiger partial charge in [-0.25, -0.2) is 4.39 Å². The third kappa shape index (κ3) is 1.83. The molecule has 0 unspecified atom stereocenters. The van der Waals surface area contributed by atoms with E-state index in [-0.39, 0.29) is 5.82 Å². The van der Waals surface area contributed by atoms with Gasteiger partial charge in [-0.15, -0.1) is 10.2 Å². The van der Waals surface area contributed by atoms with Crippen LogP contribution in [0.5, 0.6) is 0 Å². The highest BCUT2D eigenvalue weighted by Gasteiger charge is 2.14. The predicted octanol–water partition coefficient (Wildman–Crippen LogP) is 3.72. The Morgan fingerprint density at radius 3 is 2.60 bits per heavy atom. The van der Waals surface area contributed by atoms with Crippen molar-refractivity contribution in [3.05, 3.63) is 46.9 Å². The van der Waals surface area contributed by atoms with Crippen LogP contribution in [0.15, 0.2) is 41.1 Å². The van der Waals surface area contributed by atoms with E-state index in [9.17, 15) is 4.39 Å². The Labute approximate surface area is 121 Å². The lowest BCUT2D eigenvalue weighted by Gasteiger charge is -1.94. The molecule has 20 heavy (non-hydrogen) atoms. The molecule has 0 N–H and O–H groups in total. The van der Waals surface area contributed by atoms with Crippen LogP contribution in [0.4, 0.5) is 4.39 Å². The summed E-state index contributed by atoms with van der Waals surface area (Å²) in [5, 5.41) is 17.6. The molecule has 0 atom stereocenters. The second kappa shape index (κ2) is 4.46. The first-order chi connectivity index (χ1) is 9.81. The molecule has 0 saturated heterocycles. The van der Waals surface area contributed by atoms with Crippen molar-refractivity contribution in [3.63, 3.8) is 0 Å². The zero-order valence-electron chi connectivity index (χ0n) is 10.0. The van der Waals surface area contributed by atoms with Gasteiger partial charge in [-0.3, -0.25) is 0 Å². The van der Waals surface area contributed by atoms with E-state index in [1.165, 1.54) is 23.5 Å². The van der Waals surface area contributed by atoms with Crippen molar-refractivity contribution in [2.75, 3.05) is 0 Å². The number of nitrogens with zero attached hydrogens (tertiary/aromatic N) is 4. The Balaban J connectivity index is 1.85. The second-order valence-electron chi connectivity index (χ2n) is 4.14. The minimum atomic E-state index is -0.254. The number of hydrogen-bond acceptors (Lipinski definition) is 5. The summed E-state index contributed by atoms with van der Waals surface area (Å²) in [6, 6.07) is 8.27. The molecule has 4 nitrogen and oxygen atoms in total. The SMILES string of the molecule is Fc1ccc(-c2nn3c(-c4ccsc4)nnc3s2)cc1. The molecule has 1 aromatic carbocycles. The molecule has 0 amide bonds. The van der Waals surface area contributed by atoms with Crippen LogP contribution in [0.2, 0.25) is 0 Å². The lowest BCUT2D eigenvalue weighted by atomic mass is 10.2. The third-order valence-corrected chi connectivity index (χ3v) is 4.49. The first-order valence-electron chi connectivity index (χ1n) is 5.82. The van der Waals surface area contributed by atoms with Crippen LogP contribution in [-0.2, 0) is 0 Å². The van der Waals surface area contributed by atoms with E-state index in [1.807, 2.05) is 16.8 Å². The molecule has 0 bridgehead atoms. The number of aromatic nitrogens is 4. The number of halogens is 1. The third-order valence-electron chi connectivity index (χ3n) is 2.86. The van der Waals surface area contributed by atoms with Crippen LogP contribution in [0.25, 0.3) is 26.9 Å². The van der Waals surface area contributed by atoms with Gasteiger partial charge in [0.15, 0.2) is 5.82 Å². The van der Waals surface area contributed by atoms with E-state index < -0.39 is 0 Å². The van der Waals surface area contributed by atoms with Crippen LogP contribution >= 0.6 is 22.7 Å². The molecular weight excluding hydrogens is 295 g/mol. The summed E-state index contributed by atoms with van der Waals surface area (Å²) >= 11 is 3.04. The van der Waals surface area contributed by atoms with Gasteiger partial charge in [0.1, 0.15) is 10.8 Å². The Morgan fingerprint density at radius 2 is 1.85 bits per heavy atom. The van der Waals surface area contributed by atoms with Crippen molar-refractivity contribution in [2.24, 2.45) is 0 Å². The number of hydrogen-bond donors (Lipinski definition) is 0. The van der Waals surface area contributed by atoms with Gasteiger partial charge in [-0.2, -0.15) is 21.0 Å². The lowest BCUT2D eigenvalue weighted by molar-refractivity contribution is 0.628. The standard InChI is InChI=1S/C13H7FN4S2/c14-10-3-1-8(2-4-10)12-17-18-11(9-5-6-19-7-9)15-16-13(18)20-12/h1-7H. The summed E-state index contributed by atoms with van der Waals surface area (Å²) in [4.78, 5) is 0.727. The fourth-order valence-corrected chi connectivity index (χ4v) is 3.38. The summed E-state index contributed by atoms with van der Waals surface area (Å²) in [7, 11) is 0. The van der Waals surface area contributed by atoms with Crippen molar-refractivity contribution in [1.82, 2.24) is 19.8 Å². The fraction of sp³-hybridized carbons (Fsp3) is 0. The van der Waals surface area contributed by atoms with Crippen molar-refractivity contribution in [1.29, 1.82) is 0 Å². The quantitative estimate of drug-likeness (QED) is 0.567. The molecule has 0 aliphatic carbocycles. The highest BCUT2D eigenvalue weighted by molar-refractivity contribution is 7.19. The zero-order valence-corrected chi connectivity index (χ0v) is 11.7. The minimum absolute atomic E-state index is 0.254. The number of fused-ring (bicyclic) bond motifs is 1. The number of rotatable bonds is 2. The number of thiophene rings is 1. The van der Waals surface area contributed by atoms with E-state index in [1.54, 1.807) is 28.0 Å². The maximum atomic E-state index is 13.0. The maximum absolute atomic E-state index is 13.0. The van der Waals surface area contributed by atoms with Crippen molar-refractivity contribution in [2.45, 2.75) is 0 Å². The van der Waals surface area contributed by atoms with Gasteiger partial charge in [0.05, 0.1) is 0 Å². The second-order valence-corrected chi connectivity index (χ2v) is 5.88. The van der Waals surface area contributed by atoms with Crippen molar-refractivity contribution in [3.8, 4) is 22.0 Å². The van der Waals surface area contributed by atoms with Gasteiger partial charge >= 0.3 is 0 Å². The normalized spacial score (nSPS) is 11.2. The largest absolute Gasteiger partial charge is 0.235 e. The van der Waals surface area contributed by atoms with Crippen LogP contribution in [0.1, 0.15) is 0 Å². The Bertz CT molecular complexity index is 862. The van der Waals surface area contributed by atoms with Gasteiger partial charge in [-0.05, 0) is 35.7 Å². The number of benzene rings is 1. The Morgan fingerprint density at radius 1 is 1.00 bits per heavy atom. The molecule has 4 rings (SSSR count). The molecule has 7 heteroatoms.